The minimum atomic E-state index is -0.498. The summed E-state index contributed by atoms with van der Waals surface area (Å²) in [4.78, 5) is 11.9. The minimum absolute atomic E-state index is 0.124. The zero-order valence-corrected chi connectivity index (χ0v) is 12.3. The van der Waals surface area contributed by atoms with Crippen molar-refractivity contribution < 1.29 is 13.9 Å². The largest absolute Gasteiger partial charge is 0.457 e. The second-order valence-corrected chi connectivity index (χ2v) is 5.75. The van der Waals surface area contributed by atoms with Gasteiger partial charge in [-0.15, -0.1) is 0 Å². The molecule has 0 atom stereocenters. The van der Waals surface area contributed by atoms with Crippen molar-refractivity contribution in [2.45, 2.75) is 26.3 Å². The Morgan fingerprint density at radius 3 is 2.81 bits per heavy atom. The number of carbonyl (C=O) groups excluding carboxylic acids is 1. The van der Waals surface area contributed by atoms with Crippen LogP contribution in [0.15, 0.2) is 47.1 Å². The molecule has 0 radical (unpaired) electrons. The Labute approximate surface area is 123 Å². The van der Waals surface area contributed by atoms with E-state index in [0.717, 1.165) is 11.3 Å². The van der Waals surface area contributed by atoms with Gasteiger partial charge in [-0.05, 0) is 50.6 Å². The van der Waals surface area contributed by atoms with E-state index in [0.29, 0.717) is 5.75 Å². The molecule has 2 heterocycles. The van der Waals surface area contributed by atoms with Gasteiger partial charge in [-0.3, -0.25) is 0 Å². The van der Waals surface area contributed by atoms with Gasteiger partial charge >= 0.3 is 5.97 Å². The van der Waals surface area contributed by atoms with Crippen LogP contribution in [0.4, 0.5) is 5.69 Å². The molecule has 1 aromatic heterocycles. The van der Waals surface area contributed by atoms with Crippen molar-refractivity contribution in [3.8, 4) is 5.75 Å². The SMILES string of the molecule is CC1=CC(C)(C)Nc2cc(OC(=O)c3ccco3)ccc21. The first-order valence-electron chi connectivity index (χ1n) is 6.82. The minimum Gasteiger partial charge on any atom is -0.457 e. The normalized spacial score (nSPS) is 15.7. The molecule has 4 heteroatoms. The van der Waals surface area contributed by atoms with Gasteiger partial charge in [-0.1, -0.05) is 6.08 Å². The number of furan rings is 1. The molecule has 4 nitrogen and oxygen atoms in total. The van der Waals surface area contributed by atoms with Crippen molar-refractivity contribution in [2.24, 2.45) is 0 Å². The van der Waals surface area contributed by atoms with Gasteiger partial charge in [-0.25, -0.2) is 4.79 Å². The van der Waals surface area contributed by atoms with E-state index >= 15 is 0 Å². The molecule has 0 saturated heterocycles. The van der Waals surface area contributed by atoms with E-state index in [4.69, 9.17) is 9.15 Å². The van der Waals surface area contributed by atoms with Crippen LogP contribution < -0.4 is 10.1 Å². The number of hydrogen-bond donors (Lipinski definition) is 1. The molecule has 0 bridgehead atoms. The average molecular weight is 283 g/mol. The van der Waals surface area contributed by atoms with E-state index in [1.807, 2.05) is 12.1 Å². The van der Waals surface area contributed by atoms with E-state index in [1.165, 1.54) is 11.8 Å². The Morgan fingerprint density at radius 1 is 1.29 bits per heavy atom. The summed E-state index contributed by atoms with van der Waals surface area (Å²) >= 11 is 0. The van der Waals surface area contributed by atoms with Gasteiger partial charge in [-0.2, -0.15) is 0 Å². The number of ether oxygens (including phenoxy) is 1. The summed E-state index contributed by atoms with van der Waals surface area (Å²) in [6.07, 6.45) is 3.63. The summed E-state index contributed by atoms with van der Waals surface area (Å²) < 4.78 is 10.4. The van der Waals surface area contributed by atoms with Crippen molar-refractivity contribution in [1.82, 2.24) is 0 Å². The Bertz CT molecular complexity index is 712. The molecule has 108 valence electrons. The fraction of sp³-hybridized carbons (Fsp3) is 0.235. The molecular weight excluding hydrogens is 266 g/mol. The number of nitrogens with one attached hydrogen (secondary N) is 1. The molecule has 1 aliphatic heterocycles. The van der Waals surface area contributed by atoms with E-state index in [1.54, 1.807) is 18.2 Å². The Kier molecular flexibility index (Phi) is 3.09. The molecule has 0 spiro atoms. The number of hydrogen-bond acceptors (Lipinski definition) is 4. The summed E-state index contributed by atoms with van der Waals surface area (Å²) in [6.45, 7) is 6.28. The lowest BCUT2D eigenvalue weighted by Crippen LogP contribution is -2.31. The zero-order valence-electron chi connectivity index (χ0n) is 12.3. The number of fused-ring (bicyclic) bond motifs is 1. The van der Waals surface area contributed by atoms with Crippen LogP contribution in [0, 0.1) is 0 Å². The van der Waals surface area contributed by atoms with Gasteiger partial charge in [0.1, 0.15) is 5.75 Å². The molecule has 21 heavy (non-hydrogen) atoms. The second-order valence-electron chi connectivity index (χ2n) is 5.75. The first kappa shape index (κ1) is 13.5. The van der Waals surface area contributed by atoms with Crippen molar-refractivity contribution in [1.29, 1.82) is 0 Å². The average Bonchev–Trinajstić information content (AvgIpc) is 2.90. The highest BCUT2D eigenvalue weighted by Gasteiger charge is 2.23. The van der Waals surface area contributed by atoms with E-state index in [2.05, 4.69) is 32.2 Å². The molecule has 2 aromatic rings. The van der Waals surface area contributed by atoms with Crippen LogP contribution in [-0.4, -0.2) is 11.5 Å². The third-order valence-electron chi connectivity index (χ3n) is 3.38. The van der Waals surface area contributed by atoms with Gasteiger partial charge in [0.05, 0.1) is 11.8 Å². The lowest BCUT2D eigenvalue weighted by Gasteiger charge is -2.31. The molecule has 0 fully saturated rings. The highest BCUT2D eigenvalue weighted by molar-refractivity contribution is 5.88. The fourth-order valence-corrected chi connectivity index (χ4v) is 2.59. The summed E-state index contributed by atoms with van der Waals surface area (Å²) in [5.41, 5.74) is 3.16. The standard InChI is InChI=1S/C17H17NO3/c1-11-10-17(2,3)18-14-9-12(6-7-13(11)14)21-16(19)15-5-4-8-20-15/h4-10,18H,1-3H3. The highest BCUT2D eigenvalue weighted by Crippen LogP contribution is 2.35. The first-order chi connectivity index (χ1) is 9.94. The lowest BCUT2D eigenvalue weighted by molar-refractivity contribution is 0.0701. The van der Waals surface area contributed by atoms with E-state index in [9.17, 15) is 4.79 Å². The molecule has 0 saturated carbocycles. The highest BCUT2D eigenvalue weighted by atomic mass is 16.5. The summed E-state index contributed by atoms with van der Waals surface area (Å²) in [7, 11) is 0. The molecule has 0 amide bonds. The van der Waals surface area contributed by atoms with Crippen LogP contribution in [0.1, 0.15) is 36.9 Å². The van der Waals surface area contributed by atoms with Crippen LogP contribution in [0.3, 0.4) is 0 Å². The smallest absolute Gasteiger partial charge is 0.379 e. The van der Waals surface area contributed by atoms with Gasteiger partial charge in [0, 0.05) is 17.3 Å². The maximum Gasteiger partial charge on any atom is 0.379 e. The number of anilines is 1. The topological polar surface area (TPSA) is 51.5 Å². The maximum absolute atomic E-state index is 11.9. The van der Waals surface area contributed by atoms with Crippen LogP contribution >= 0.6 is 0 Å². The maximum atomic E-state index is 11.9. The number of allylic oxidation sites excluding steroid dienone is 1. The molecule has 3 rings (SSSR count). The third kappa shape index (κ3) is 2.70. The molecule has 1 aliphatic rings. The molecule has 1 N–H and O–H groups in total. The first-order valence-corrected chi connectivity index (χ1v) is 6.82. The van der Waals surface area contributed by atoms with Crippen LogP contribution in [0.5, 0.6) is 5.75 Å². The Morgan fingerprint density at radius 2 is 2.10 bits per heavy atom. The Hall–Kier alpha value is -2.49. The third-order valence-corrected chi connectivity index (χ3v) is 3.38. The second kappa shape index (κ2) is 4.81. The Balaban J connectivity index is 1.87. The number of benzene rings is 1. The zero-order chi connectivity index (χ0) is 15.0. The molecule has 1 aromatic carbocycles. The van der Waals surface area contributed by atoms with Crippen molar-refractivity contribution in [2.75, 3.05) is 5.32 Å². The predicted molar refractivity (Wildman–Crippen MR) is 81.5 cm³/mol. The van der Waals surface area contributed by atoms with Crippen molar-refractivity contribution in [3.05, 3.63) is 54.0 Å². The predicted octanol–water partition coefficient (Wildman–Crippen LogP) is 4.11. The summed E-state index contributed by atoms with van der Waals surface area (Å²) in [5.74, 6) is 0.188. The van der Waals surface area contributed by atoms with Gasteiger partial charge in [0.15, 0.2) is 0 Å². The summed E-state index contributed by atoms with van der Waals surface area (Å²) in [6, 6.07) is 8.82. The van der Waals surface area contributed by atoms with Crippen molar-refractivity contribution in [3.63, 3.8) is 0 Å². The van der Waals surface area contributed by atoms with Crippen LogP contribution in [0.25, 0.3) is 5.57 Å². The number of carbonyl (C=O) groups is 1. The van der Waals surface area contributed by atoms with Gasteiger partial charge in [0.2, 0.25) is 5.76 Å². The number of rotatable bonds is 2. The number of esters is 1. The van der Waals surface area contributed by atoms with E-state index < -0.39 is 5.97 Å². The molecule has 0 unspecified atom stereocenters. The van der Waals surface area contributed by atoms with Crippen LogP contribution in [-0.2, 0) is 0 Å². The van der Waals surface area contributed by atoms with Gasteiger partial charge < -0.3 is 14.5 Å². The van der Waals surface area contributed by atoms with Gasteiger partial charge in [0.25, 0.3) is 0 Å². The van der Waals surface area contributed by atoms with Crippen LogP contribution in [0.2, 0.25) is 0 Å². The summed E-state index contributed by atoms with van der Waals surface area (Å²) in [5, 5.41) is 3.42. The van der Waals surface area contributed by atoms with E-state index in [-0.39, 0.29) is 11.3 Å². The quantitative estimate of drug-likeness (QED) is 0.665. The van der Waals surface area contributed by atoms with Crippen molar-refractivity contribution >= 4 is 17.2 Å². The monoisotopic (exact) mass is 283 g/mol. The molecule has 0 aliphatic carbocycles. The lowest BCUT2D eigenvalue weighted by atomic mass is 9.91. The fourth-order valence-electron chi connectivity index (χ4n) is 2.59. The molecular formula is C17H17NO3.